The molecule has 106 valence electrons. The normalized spacial score (nSPS) is 15.7. The molecule has 0 radical (unpaired) electrons. The van der Waals surface area contributed by atoms with Crippen molar-refractivity contribution in [3.63, 3.8) is 0 Å². The molecule has 0 bridgehead atoms. The van der Waals surface area contributed by atoms with Crippen molar-refractivity contribution in [1.82, 2.24) is 5.32 Å². The zero-order valence-electron chi connectivity index (χ0n) is 11.5. The molecule has 0 heterocycles. The summed E-state index contributed by atoms with van der Waals surface area (Å²) in [7, 11) is -3.24. The van der Waals surface area contributed by atoms with Gasteiger partial charge in [0.1, 0.15) is 0 Å². The van der Waals surface area contributed by atoms with Crippen LogP contribution in [0.4, 0.5) is 5.69 Å². The molecular formula is C14H22N2O2S. The monoisotopic (exact) mass is 282 g/mol. The summed E-state index contributed by atoms with van der Waals surface area (Å²) in [6.07, 6.45) is 2.50. The standard InChI is InChI=1S/C14H22N2O2S/c1-11(2)10-19(17,18)16-14-5-3-4-12(8-14)9-15-13-6-7-13/h3-5,8,11,13,15-16H,6-7,9-10H2,1-2H3. The third kappa shape index (κ3) is 5.20. The second-order valence-corrected chi connectivity index (χ2v) is 7.40. The van der Waals surface area contributed by atoms with Gasteiger partial charge in [0.05, 0.1) is 5.75 Å². The van der Waals surface area contributed by atoms with Crippen LogP contribution in [-0.4, -0.2) is 20.2 Å². The average Bonchev–Trinajstić information content (AvgIpc) is 3.07. The molecule has 4 nitrogen and oxygen atoms in total. The van der Waals surface area contributed by atoms with Gasteiger partial charge in [-0.15, -0.1) is 0 Å². The molecule has 0 atom stereocenters. The molecule has 5 heteroatoms. The SMILES string of the molecule is CC(C)CS(=O)(=O)Nc1cccc(CNC2CC2)c1. The smallest absolute Gasteiger partial charge is 0.232 e. The van der Waals surface area contributed by atoms with E-state index < -0.39 is 10.0 Å². The molecule has 0 aromatic heterocycles. The van der Waals surface area contributed by atoms with Crippen LogP contribution in [0.3, 0.4) is 0 Å². The molecule has 2 N–H and O–H groups in total. The number of rotatable bonds is 7. The highest BCUT2D eigenvalue weighted by Gasteiger charge is 2.20. The fraction of sp³-hybridized carbons (Fsp3) is 0.571. The molecule has 1 aromatic rings. The molecule has 0 unspecified atom stereocenters. The van der Waals surface area contributed by atoms with Gasteiger partial charge in [-0.05, 0) is 36.5 Å². The number of sulfonamides is 1. The Bertz CT molecular complexity index is 522. The molecule has 0 saturated heterocycles. The highest BCUT2D eigenvalue weighted by Crippen LogP contribution is 2.20. The Balaban J connectivity index is 1.97. The minimum Gasteiger partial charge on any atom is -0.310 e. The first-order chi connectivity index (χ1) is 8.94. The Morgan fingerprint density at radius 1 is 1.32 bits per heavy atom. The highest BCUT2D eigenvalue weighted by atomic mass is 32.2. The second kappa shape index (κ2) is 5.92. The Kier molecular flexibility index (Phi) is 4.47. The van der Waals surface area contributed by atoms with Gasteiger partial charge in [0.15, 0.2) is 0 Å². The van der Waals surface area contributed by atoms with Crippen molar-refractivity contribution < 1.29 is 8.42 Å². The molecule has 1 fully saturated rings. The summed E-state index contributed by atoms with van der Waals surface area (Å²) in [5.41, 5.74) is 1.76. The predicted molar refractivity (Wildman–Crippen MR) is 78.6 cm³/mol. The molecule has 1 aliphatic carbocycles. The topological polar surface area (TPSA) is 58.2 Å². The van der Waals surface area contributed by atoms with E-state index in [0.717, 1.165) is 12.1 Å². The molecule has 1 saturated carbocycles. The fourth-order valence-corrected chi connectivity index (χ4v) is 3.40. The number of benzene rings is 1. The maximum Gasteiger partial charge on any atom is 0.232 e. The minimum absolute atomic E-state index is 0.122. The van der Waals surface area contributed by atoms with E-state index in [2.05, 4.69) is 10.0 Å². The van der Waals surface area contributed by atoms with E-state index in [1.807, 2.05) is 32.0 Å². The molecule has 0 spiro atoms. The van der Waals surface area contributed by atoms with Crippen molar-refractivity contribution in [1.29, 1.82) is 0 Å². The third-order valence-electron chi connectivity index (χ3n) is 2.93. The zero-order chi connectivity index (χ0) is 13.9. The van der Waals surface area contributed by atoms with Gasteiger partial charge >= 0.3 is 0 Å². The lowest BCUT2D eigenvalue weighted by Crippen LogP contribution is -2.20. The molecule has 1 aliphatic rings. The summed E-state index contributed by atoms with van der Waals surface area (Å²) >= 11 is 0. The lowest BCUT2D eigenvalue weighted by Gasteiger charge is -2.11. The fourth-order valence-electron chi connectivity index (χ4n) is 1.95. The maximum absolute atomic E-state index is 11.9. The number of nitrogens with one attached hydrogen (secondary N) is 2. The molecule has 0 aliphatic heterocycles. The quantitative estimate of drug-likeness (QED) is 0.807. The van der Waals surface area contributed by atoms with Crippen LogP contribution in [0.5, 0.6) is 0 Å². The summed E-state index contributed by atoms with van der Waals surface area (Å²) in [4.78, 5) is 0. The van der Waals surface area contributed by atoms with Crippen molar-refractivity contribution in [3.05, 3.63) is 29.8 Å². The largest absolute Gasteiger partial charge is 0.310 e. The van der Waals surface area contributed by atoms with Gasteiger partial charge in [-0.25, -0.2) is 8.42 Å². The van der Waals surface area contributed by atoms with Crippen LogP contribution in [0.15, 0.2) is 24.3 Å². The minimum atomic E-state index is -3.24. The Morgan fingerprint density at radius 2 is 2.05 bits per heavy atom. The van der Waals surface area contributed by atoms with Crippen molar-refractivity contribution in [3.8, 4) is 0 Å². The first kappa shape index (κ1) is 14.3. The van der Waals surface area contributed by atoms with Gasteiger partial charge < -0.3 is 5.32 Å². The van der Waals surface area contributed by atoms with E-state index in [1.54, 1.807) is 6.07 Å². The Labute approximate surface area is 115 Å². The number of hydrogen-bond acceptors (Lipinski definition) is 3. The summed E-state index contributed by atoms with van der Waals surface area (Å²) in [6, 6.07) is 8.24. The lowest BCUT2D eigenvalue weighted by atomic mass is 10.2. The second-order valence-electron chi connectivity index (χ2n) is 5.63. The predicted octanol–water partition coefficient (Wildman–Crippen LogP) is 2.34. The summed E-state index contributed by atoms with van der Waals surface area (Å²) in [5.74, 6) is 0.273. The van der Waals surface area contributed by atoms with Crippen LogP contribution < -0.4 is 10.0 Å². The molecule has 19 heavy (non-hydrogen) atoms. The molecule has 2 rings (SSSR count). The molecular weight excluding hydrogens is 260 g/mol. The first-order valence-corrected chi connectivity index (χ1v) is 8.42. The zero-order valence-corrected chi connectivity index (χ0v) is 12.3. The average molecular weight is 282 g/mol. The van der Waals surface area contributed by atoms with E-state index in [1.165, 1.54) is 12.8 Å². The summed E-state index contributed by atoms with van der Waals surface area (Å²) < 4.78 is 26.4. The molecule has 1 aromatic carbocycles. The third-order valence-corrected chi connectivity index (χ3v) is 4.58. The van der Waals surface area contributed by atoms with Crippen LogP contribution in [0.1, 0.15) is 32.3 Å². The Morgan fingerprint density at radius 3 is 2.68 bits per heavy atom. The van der Waals surface area contributed by atoms with Gasteiger partial charge in [0, 0.05) is 18.3 Å². The van der Waals surface area contributed by atoms with Crippen LogP contribution in [-0.2, 0) is 16.6 Å². The maximum atomic E-state index is 11.9. The molecule has 0 amide bonds. The number of hydrogen-bond donors (Lipinski definition) is 2. The van der Waals surface area contributed by atoms with Crippen molar-refractivity contribution >= 4 is 15.7 Å². The van der Waals surface area contributed by atoms with E-state index in [-0.39, 0.29) is 11.7 Å². The Hall–Kier alpha value is -1.07. The summed E-state index contributed by atoms with van der Waals surface area (Å²) in [6.45, 7) is 4.59. The van der Waals surface area contributed by atoms with Crippen LogP contribution in [0, 0.1) is 5.92 Å². The van der Waals surface area contributed by atoms with Crippen molar-refractivity contribution in [2.24, 2.45) is 5.92 Å². The highest BCUT2D eigenvalue weighted by molar-refractivity contribution is 7.92. The van der Waals surface area contributed by atoms with Crippen LogP contribution in [0.25, 0.3) is 0 Å². The van der Waals surface area contributed by atoms with Gasteiger partial charge in [-0.2, -0.15) is 0 Å². The van der Waals surface area contributed by atoms with Gasteiger partial charge in [0.25, 0.3) is 0 Å². The van der Waals surface area contributed by atoms with Crippen LogP contribution in [0.2, 0.25) is 0 Å². The van der Waals surface area contributed by atoms with Gasteiger partial charge in [-0.3, -0.25) is 4.72 Å². The van der Waals surface area contributed by atoms with E-state index in [9.17, 15) is 8.42 Å². The first-order valence-electron chi connectivity index (χ1n) is 6.77. The summed E-state index contributed by atoms with van der Waals surface area (Å²) in [5, 5.41) is 3.42. The van der Waals surface area contributed by atoms with Gasteiger partial charge in [0.2, 0.25) is 10.0 Å². The van der Waals surface area contributed by atoms with E-state index in [4.69, 9.17) is 0 Å². The van der Waals surface area contributed by atoms with Crippen LogP contribution >= 0.6 is 0 Å². The van der Waals surface area contributed by atoms with Crippen molar-refractivity contribution in [2.75, 3.05) is 10.5 Å². The number of anilines is 1. The lowest BCUT2D eigenvalue weighted by molar-refractivity contribution is 0.587. The van der Waals surface area contributed by atoms with E-state index in [0.29, 0.717) is 11.7 Å². The van der Waals surface area contributed by atoms with Crippen molar-refractivity contribution in [2.45, 2.75) is 39.3 Å². The van der Waals surface area contributed by atoms with E-state index >= 15 is 0 Å². The van der Waals surface area contributed by atoms with Gasteiger partial charge in [-0.1, -0.05) is 26.0 Å².